The molecular weight excluding hydrogens is 628 g/mol. The number of sulfonamides is 1. The highest BCUT2D eigenvalue weighted by molar-refractivity contribution is 7.92. The molecular formula is C34H35ClN4O6S. The second-order valence-corrected chi connectivity index (χ2v) is 13.1. The van der Waals surface area contributed by atoms with Crippen LogP contribution in [-0.4, -0.2) is 48.7 Å². The molecule has 0 saturated heterocycles. The molecule has 0 aliphatic heterocycles. The normalized spacial score (nSPS) is 12.5. The van der Waals surface area contributed by atoms with Gasteiger partial charge in [0.15, 0.2) is 0 Å². The standard InChI is InChI=1S/C34H35ClN4O6S/c1-3-25(2)36-34(41)32(22-26-11-6-4-7-12-26)37(23-27-13-10-14-28(35)21-27)33(40)24-38(29-17-19-30(20-18-29)39(42)43)46(44,45)31-15-8-5-9-16-31/h4-21,25,32H,3,22-24H2,1-2H3,(H,36,41). The first-order valence-electron chi connectivity index (χ1n) is 14.7. The van der Waals surface area contributed by atoms with Crippen molar-refractivity contribution in [1.29, 1.82) is 0 Å². The number of nitro groups is 1. The molecule has 0 aliphatic carbocycles. The summed E-state index contributed by atoms with van der Waals surface area (Å²) in [4.78, 5) is 40.3. The molecule has 2 atom stereocenters. The predicted molar refractivity (Wildman–Crippen MR) is 178 cm³/mol. The molecule has 0 spiro atoms. The molecule has 0 bridgehead atoms. The Morgan fingerprint density at radius 3 is 2.09 bits per heavy atom. The third kappa shape index (κ3) is 8.70. The highest BCUT2D eigenvalue weighted by Gasteiger charge is 2.35. The molecule has 4 aromatic carbocycles. The summed E-state index contributed by atoms with van der Waals surface area (Å²) in [6.45, 7) is 3.08. The van der Waals surface area contributed by atoms with E-state index in [4.69, 9.17) is 11.6 Å². The van der Waals surface area contributed by atoms with Gasteiger partial charge in [-0.2, -0.15) is 0 Å². The van der Waals surface area contributed by atoms with E-state index >= 15 is 0 Å². The second kappa shape index (κ2) is 15.5. The van der Waals surface area contributed by atoms with E-state index in [1.165, 1.54) is 41.3 Å². The number of carbonyl (C=O) groups excluding carboxylic acids is 2. The summed E-state index contributed by atoms with van der Waals surface area (Å²) in [6, 6.07) is 27.4. The molecule has 4 rings (SSSR count). The molecule has 10 nitrogen and oxygen atoms in total. The third-order valence-corrected chi connectivity index (χ3v) is 9.50. The SMILES string of the molecule is CCC(C)NC(=O)C(Cc1ccccc1)N(Cc1cccc(Cl)c1)C(=O)CN(c1ccc([N+](=O)[O-])cc1)S(=O)(=O)c1ccccc1. The smallest absolute Gasteiger partial charge is 0.269 e. The van der Waals surface area contributed by atoms with Gasteiger partial charge < -0.3 is 10.2 Å². The molecule has 1 N–H and O–H groups in total. The van der Waals surface area contributed by atoms with Crippen LogP contribution in [0.3, 0.4) is 0 Å². The highest BCUT2D eigenvalue weighted by Crippen LogP contribution is 2.27. The van der Waals surface area contributed by atoms with Gasteiger partial charge in [0.05, 0.1) is 15.5 Å². The monoisotopic (exact) mass is 662 g/mol. The average Bonchev–Trinajstić information content (AvgIpc) is 3.05. The van der Waals surface area contributed by atoms with Gasteiger partial charge in [-0.15, -0.1) is 0 Å². The topological polar surface area (TPSA) is 130 Å². The minimum absolute atomic E-state index is 0.0374. The predicted octanol–water partition coefficient (Wildman–Crippen LogP) is 6.00. The lowest BCUT2D eigenvalue weighted by molar-refractivity contribution is -0.384. The van der Waals surface area contributed by atoms with Gasteiger partial charge in [-0.1, -0.05) is 79.2 Å². The van der Waals surface area contributed by atoms with E-state index < -0.39 is 33.4 Å². The Bertz CT molecular complexity index is 1760. The maximum Gasteiger partial charge on any atom is 0.269 e. The van der Waals surface area contributed by atoms with E-state index in [0.717, 1.165) is 9.87 Å². The van der Waals surface area contributed by atoms with Crippen molar-refractivity contribution < 1.29 is 22.9 Å². The summed E-state index contributed by atoms with van der Waals surface area (Å²) < 4.78 is 28.9. The zero-order chi connectivity index (χ0) is 33.3. The number of rotatable bonds is 14. The zero-order valence-electron chi connectivity index (χ0n) is 25.5. The van der Waals surface area contributed by atoms with Crippen LogP contribution in [0.4, 0.5) is 11.4 Å². The van der Waals surface area contributed by atoms with Crippen molar-refractivity contribution in [3.63, 3.8) is 0 Å². The Morgan fingerprint density at radius 1 is 0.891 bits per heavy atom. The quantitative estimate of drug-likeness (QED) is 0.130. The fourth-order valence-electron chi connectivity index (χ4n) is 4.82. The molecule has 2 amide bonds. The first-order valence-corrected chi connectivity index (χ1v) is 16.5. The van der Waals surface area contributed by atoms with Crippen LogP contribution < -0.4 is 9.62 Å². The van der Waals surface area contributed by atoms with Crippen molar-refractivity contribution in [2.45, 2.75) is 50.2 Å². The Morgan fingerprint density at radius 2 is 1.50 bits per heavy atom. The van der Waals surface area contributed by atoms with E-state index in [2.05, 4.69) is 5.32 Å². The van der Waals surface area contributed by atoms with Crippen LogP contribution >= 0.6 is 11.6 Å². The van der Waals surface area contributed by atoms with Gasteiger partial charge in [0.25, 0.3) is 15.7 Å². The van der Waals surface area contributed by atoms with Gasteiger partial charge >= 0.3 is 0 Å². The van der Waals surface area contributed by atoms with E-state index in [9.17, 15) is 28.1 Å². The Hall–Kier alpha value is -4.74. The maximum atomic E-state index is 14.5. The first kappa shape index (κ1) is 34.1. The third-order valence-electron chi connectivity index (χ3n) is 7.47. The number of nitrogens with one attached hydrogen (secondary N) is 1. The van der Waals surface area contributed by atoms with Crippen molar-refractivity contribution in [3.05, 3.63) is 135 Å². The van der Waals surface area contributed by atoms with E-state index in [-0.39, 0.29) is 41.2 Å². The van der Waals surface area contributed by atoms with Crippen molar-refractivity contribution in [1.82, 2.24) is 10.2 Å². The molecule has 0 radical (unpaired) electrons. The number of hydrogen-bond acceptors (Lipinski definition) is 6. The van der Waals surface area contributed by atoms with Gasteiger partial charge in [0, 0.05) is 36.2 Å². The second-order valence-electron chi connectivity index (χ2n) is 10.8. The molecule has 0 saturated carbocycles. The lowest BCUT2D eigenvalue weighted by Gasteiger charge is -2.34. The highest BCUT2D eigenvalue weighted by atomic mass is 35.5. The van der Waals surface area contributed by atoms with Gasteiger partial charge in [-0.3, -0.25) is 24.0 Å². The van der Waals surface area contributed by atoms with Crippen LogP contribution in [0.25, 0.3) is 0 Å². The maximum absolute atomic E-state index is 14.5. The van der Waals surface area contributed by atoms with Crippen molar-refractivity contribution in [3.8, 4) is 0 Å². The molecule has 0 aliphatic rings. The summed E-state index contributed by atoms with van der Waals surface area (Å²) in [7, 11) is -4.33. The van der Waals surface area contributed by atoms with Gasteiger partial charge in [-0.05, 0) is 60.9 Å². The van der Waals surface area contributed by atoms with E-state index in [0.29, 0.717) is 17.0 Å². The molecule has 0 fully saturated rings. The molecule has 12 heteroatoms. The van der Waals surface area contributed by atoms with Crippen LogP contribution in [0.15, 0.2) is 114 Å². The number of halogens is 1. The summed E-state index contributed by atoms with van der Waals surface area (Å²) in [5.74, 6) is -1.04. The van der Waals surface area contributed by atoms with E-state index in [1.807, 2.05) is 44.2 Å². The van der Waals surface area contributed by atoms with Gasteiger partial charge in [0.1, 0.15) is 12.6 Å². The fraction of sp³-hybridized carbons (Fsp3) is 0.235. The van der Waals surface area contributed by atoms with Crippen LogP contribution in [0.1, 0.15) is 31.4 Å². The number of amides is 2. The minimum atomic E-state index is -4.33. The van der Waals surface area contributed by atoms with Crippen LogP contribution in [0, 0.1) is 10.1 Å². The zero-order valence-corrected chi connectivity index (χ0v) is 27.0. The summed E-state index contributed by atoms with van der Waals surface area (Å²) >= 11 is 6.28. The average molecular weight is 663 g/mol. The molecule has 46 heavy (non-hydrogen) atoms. The van der Waals surface area contributed by atoms with Crippen molar-refractivity contribution in [2.24, 2.45) is 0 Å². The summed E-state index contributed by atoms with van der Waals surface area (Å²) in [5, 5.41) is 14.7. The fourth-order valence-corrected chi connectivity index (χ4v) is 6.46. The van der Waals surface area contributed by atoms with Gasteiger partial charge in [0.2, 0.25) is 11.8 Å². The van der Waals surface area contributed by atoms with Crippen LogP contribution in [0.2, 0.25) is 5.02 Å². The molecule has 240 valence electrons. The number of carbonyl (C=O) groups is 2. The van der Waals surface area contributed by atoms with Gasteiger partial charge in [-0.25, -0.2) is 8.42 Å². The number of anilines is 1. The molecule has 4 aromatic rings. The Kier molecular flexibility index (Phi) is 11.5. The summed E-state index contributed by atoms with van der Waals surface area (Å²) in [6.07, 6.45) is 0.827. The number of non-ortho nitro benzene ring substituents is 1. The number of nitrogens with zero attached hydrogens (tertiary/aromatic N) is 3. The number of hydrogen-bond donors (Lipinski definition) is 1. The van der Waals surface area contributed by atoms with Crippen LogP contribution in [0.5, 0.6) is 0 Å². The largest absolute Gasteiger partial charge is 0.352 e. The lowest BCUT2D eigenvalue weighted by Crippen LogP contribution is -2.54. The minimum Gasteiger partial charge on any atom is -0.352 e. The summed E-state index contributed by atoms with van der Waals surface area (Å²) in [5.41, 5.74) is 1.26. The number of benzene rings is 4. The molecule has 0 heterocycles. The molecule has 2 unspecified atom stereocenters. The lowest BCUT2D eigenvalue weighted by atomic mass is 10.0. The first-order chi connectivity index (χ1) is 22.0. The Balaban J connectivity index is 1.81. The Labute approximate surface area is 273 Å². The molecule has 0 aromatic heterocycles. The van der Waals surface area contributed by atoms with Crippen LogP contribution in [-0.2, 0) is 32.6 Å². The number of nitro benzene ring substituents is 1. The van der Waals surface area contributed by atoms with Crippen molar-refractivity contribution in [2.75, 3.05) is 10.8 Å². The van der Waals surface area contributed by atoms with Crippen molar-refractivity contribution >= 4 is 44.8 Å². The van der Waals surface area contributed by atoms with E-state index in [1.54, 1.807) is 42.5 Å².